The second-order valence-corrected chi connectivity index (χ2v) is 5.75. The van der Waals surface area contributed by atoms with Gasteiger partial charge in [0.25, 0.3) is 0 Å². The monoisotopic (exact) mass is 308 g/mol. The molecular formula is C13H16ClF3N2O. The molecule has 0 heterocycles. The highest BCUT2D eigenvalue weighted by Crippen LogP contribution is 2.33. The number of anilines is 1. The van der Waals surface area contributed by atoms with Crippen LogP contribution in [0.1, 0.15) is 26.3 Å². The maximum Gasteiger partial charge on any atom is 0.416 e. The quantitative estimate of drug-likeness (QED) is 0.894. The Balaban J connectivity index is 2.68. The van der Waals surface area contributed by atoms with Gasteiger partial charge in [-0.2, -0.15) is 13.2 Å². The van der Waals surface area contributed by atoms with Crippen molar-refractivity contribution in [3.05, 3.63) is 28.8 Å². The molecule has 0 atom stereocenters. The highest BCUT2D eigenvalue weighted by Gasteiger charge is 2.30. The highest BCUT2D eigenvalue weighted by atomic mass is 35.5. The molecule has 2 N–H and O–H groups in total. The normalized spacial score (nSPS) is 12.2. The van der Waals surface area contributed by atoms with Gasteiger partial charge in [0.15, 0.2) is 0 Å². The summed E-state index contributed by atoms with van der Waals surface area (Å²) >= 11 is 5.76. The number of alkyl halides is 3. The van der Waals surface area contributed by atoms with Gasteiger partial charge < -0.3 is 10.6 Å². The molecule has 3 nitrogen and oxygen atoms in total. The fourth-order valence-electron chi connectivity index (χ4n) is 1.47. The lowest BCUT2D eigenvalue weighted by atomic mass is 10.1. The molecule has 0 radical (unpaired) electrons. The Kier molecular flexibility index (Phi) is 4.91. The number of carbonyl (C=O) groups excluding carboxylic acids is 1. The number of hydrogen-bond donors (Lipinski definition) is 2. The Labute approximate surface area is 120 Å². The van der Waals surface area contributed by atoms with Gasteiger partial charge in [-0.25, -0.2) is 0 Å². The molecule has 20 heavy (non-hydrogen) atoms. The SMILES string of the molecule is CC(C)(C)NC(=O)CNc1ccc(C(F)(F)F)cc1Cl. The number of amides is 1. The lowest BCUT2D eigenvalue weighted by Crippen LogP contribution is -2.43. The third-order valence-corrected chi connectivity index (χ3v) is 2.56. The fraction of sp³-hybridized carbons (Fsp3) is 0.462. The molecule has 1 rings (SSSR count). The van der Waals surface area contributed by atoms with Gasteiger partial charge in [0.1, 0.15) is 0 Å². The predicted octanol–water partition coefficient (Wildman–Crippen LogP) is 3.69. The maximum absolute atomic E-state index is 12.5. The van der Waals surface area contributed by atoms with Crippen LogP contribution in [-0.4, -0.2) is 18.0 Å². The Morgan fingerprint density at radius 3 is 2.30 bits per heavy atom. The molecule has 112 valence electrons. The van der Waals surface area contributed by atoms with Gasteiger partial charge in [0.2, 0.25) is 5.91 Å². The molecule has 7 heteroatoms. The van der Waals surface area contributed by atoms with Crippen LogP contribution in [0, 0.1) is 0 Å². The summed E-state index contributed by atoms with van der Waals surface area (Å²) < 4.78 is 37.4. The van der Waals surface area contributed by atoms with E-state index in [4.69, 9.17) is 11.6 Å². The topological polar surface area (TPSA) is 41.1 Å². The summed E-state index contributed by atoms with van der Waals surface area (Å²) in [4.78, 5) is 11.6. The van der Waals surface area contributed by atoms with Crippen molar-refractivity contribution in [1.82, 2.24) is 5.32 Å². The van der Waals surface area contributed by atoms with Crippen molar-refractivity contribution in [2.24, 2.45) is 0 Å². The standard InChI is InChI=1S/C13H16ClF3N2O/c1-12(2,3)19-11(20)7-18-10-5-4-8(6-9(10)14)13(15,16)17/h4-6,18H,7H2,1-3H3,(H,19,20). The van der Waals surface area contributed by atoms with Crippen molar-refractivity contribution in [2.45, 2.75) is 32.5 Å². The van der Waals surface area contributed by atoms with Crippen LogP contribution < -0.4 is 10.6 Å². The third-order valence-electron chi connectivity index (χ3n) is 2.25. The van der Waals surface area contributed by atoms with Crippen molar-refractivity contribution in [2.75, 3.05) is 11.9 Å². The number of benzene rings is 1. The first kappa shape index (κ1) is 16.6. The van der Waals surface area contributed by atoms with Crippen molar-refractivity contribution in [3.8, 4) is 0 Å². The van der Waals surface area contributed by atoms with Crippen LogP contribution in [0.15, 0.2) is 18.2 Å². The van der Waals surface area contributed by atoms with E-state index in [1.807, 2.05) is 20.8 Å². The molecule has 1 aromatic carbocycles. The van der Waals surface area contributed by atoms with Crippen molar-refractivity contribution >= 4 is 23.2 Å². The first-order chi connectivity index (χ1) is 8.99. The summed E-state index contributed by atoms with van der Waals surface area (Å²) in [7, 11) is 0. The lowest BCUT2D eigenvalue weighted by Gasteiger charge is -2.21. The molecular weight excluding hydrogens is 293 g/mol. The number of rotatable bonds is 3. The van der Waals surface area contributed by atoms with E-state index in [0.717, 1.165) is 12.1 Å². The minimum absolute atomic E-state index is 0.0671. The molecule has 0 unspecified atom stereocenters. The first-order valence-electron chi connectivity index (χ1n) is 5.91. The van der Waals surface area contributed by atoms with E-state index >= 15 is 0 Å². The number of hydrogen-bond acceptors (Lipinski definition) is 2. The zero-order valence-corrected chi connectivity index (χ0v) is 12.1. The molecule has 1 amide bonds. The summed E-state index contributed by atoms with van der Waals surface area (Å²) in [6.45, 7) is 5.42. The van der Waals surface area contributed by atoms with E-state index < -0.39 is 11.7 Å². The summed E-state index contributed by atoms with van der Waals surface area (Å²) in [5.41, 5.74) is -0.918. The van der Waals surface area contributed by atoms with Crippen molar-refractivity contribution < 1.29 is 18.0 Å². The molecule has 0 fully saturated rings. The molecule has 0 aromatic heterocycles. The lowest BCUT2D eigenvalue weighted by molar-refractivity contribution is -0.137. The molecule has 0 aliphatic rings. The van der Waals surface area contributed by atoms with E-state index in [1.54, 1.807) is 0 Å². The molecule has 1 aromatic rings. The van der Waals surface area contributed by atoms with Crippen LogP contribution in [0.5, 0.6) is 0 Å². The summed E-state index contributed by atoms with van der Waals surface area (Å²) in [5, 5.41) is 5.34. The zero-order chi connectivity index (χ0) is 15.6. The van der Waals surface area contributed by atoms with Crippen LogP contribution in [0.25, 0.3) is 0 Å². The Morgan fingerprint density at radius 1 is 1.25 bits per heavy atom. The first-order valence-corrected chi connectivity index (χ1v) is 6.28. The van der Waals surface area contributed by atoms with Crippen LogP contribution in [0.3, 0.4) is 0 Å². The van der Waals surface area contributed by atoms with Gasteiger partial charge in [0.05, 0.1) is 22.8 Å². The van der Waals surface area contributed by atoms with Crippen LogP contribution in [-0.2, 0) is 11.0 Å². The van der Waals surface area contributed by atoms with Crippen LogP contribution in [0.4, 0.5) is 18.9 Å². The summed E-state index contributed by atoms with van der Waals surface area (Å²) in [6, 6.07) is 2.94. The van der Waals surface area contributed by atoms with Crippen LogP contribution >= 0.6 is 11.6 Å². The maximum atomic E-state index is 12.5. The zero-order valence-electron chi connectivity index (χ0n) is 11.4. The van der Waals surface area contributed by atoms with E-state index in [9.17, 15) is 18.0 Å². The minimum atomic E-state index is -4.44. The molecule has 0 saturated heterocycles. The molecule has 0 aliphatic carbocycles. The van der Waals surface area contributed by atoms with Gasteiger partial charge in [-0.05, 0) is 39.0 Å². The molecule has 0 aliphatic heterocycles. The largest absolute Gasteiger partial charge is 0.416 e. The molecule has 0 saturated carbocycles. The second kappa shape index (κ2) is 5.91. The number of carbonyl (C=O) groups is 1. The summed E-state index contributed by atoms with van der Waals surface area (Å²) in [6.07, 6.45) is -4.44. The van der Waals surface area contributed by atoms with Gasteiger partial charge in [-0.3, -0.25) is 4.79 Å². The second-order valence-electron chi connectivity index (χ2n) is 5.34. The number of halogens is 4. The molecule has 0 bridgehead atoms. The Morgan fingerprint density at radius 2 is 1.85 bits per heavy atom. The number of nitrogens with one attached hydrogen (secondary N) is 2. The Bertz CT molecular complexity index is 495. The summed E-state index contributed by atoms with van der Waals surface area (Å²) in [5.74, 6) is -0.270. The van der Waals surface area contributed by atoms with Gasteiger partial charge in [-0.15, -0.1) is 0 Å². The Hall–Kier alpha value is -1.43. The average Bonchev–Trinajstić information content (AvgIpc) is 2.23. The smallest absolute Gasteiger partial charge is 0.375 e. The van der Waals surface area contributed by atoms with Gasteiger partial charge in [0, 0.05) is 5.54 Å². The van der Waals surface area contributed by atoms with Gasteiger partial charge >= 0.3 is 6.18 Å². The highest BCUT2D eigenvalue weighted by molar-refractivity contribution is 6.33. The predicted molar refractivity (Wildman–Crippen MR) is 72.8 cm³/mol. The van der Waals surface area contributed by atoms with E-state index in [0.29, 0.717) is 0 Å². The van der Waals surface area contributed by atoms with Crippen molar-refractivity contribution in [1.29, 1.82) is 0 Å². The minimum Gasteiger partial charge on any atom is -0.375 e. The van der Waals surface area contributed by atoms with E-state index in [2.05, 4.69) is 10.6 Å². The average molecular weight is 309 g/mol. The van der Waals surface area contributed by atoms with Gasteiger partial charge in [-0.1, -0.05) is 11.6 Å². The van der Waals surface area contributed by atoms with E-state index in [1.165, 1.54) is 6.07 Å². The van der Waals surface area contributed by atoms with E-state index in [-0.39, 0.29) is 28.7 Å². The third kappa shape index (κ3) is 5.28. The van der Waals surface area contributed by atoms with Crippen molar-refractivity contribution in [3.63, 3.8) is 0 Å². The fourth-order valence-corrected chi connectivity index (χ4v) is 1.72. The molecule has 0 spiro atoms. The van der Waals surface area contributed by atoms with Crippen LogP contribution in [0.2, 0.25) is 5.02 Å².